The van der Waals surface area contributed by atoms with Gasteiger partial charge in [-0.1, -0.05) is 53.2 Å². The van der Waals surface area contributed by atoms with Gasteiger partial charge in [-0.15, -0.1) is 0 Å². The van der Waals surface area contributed by atoms with Crippen LogP contribution in [0.25, 0.3) is 0 Å². The molecule has 0 aromatic carbocycles. The third-order valence-electron chi connectivity index (χ3n) is 18.4. The summed E-state index contributed by atoms with van der Waals surface area (Å²) in [5, 5.41) is 126. The summed E-state index contributed by atoms with van der Waals surface area (Å²) < 4.78 is 35.3. The summed E-state index contributed by atoms with van der Waals surface area (Å²) in [6.07, 6.45) is -16.8. The van der Waals surface area contributed by atoms with Crippen LogP contribution in [-0.4, -0.2) is 197 Å². The van der Waals surface area contributed by atoms with Gasteiger partial charge in [-0.25, -0.2) is 0 Å². The zero-order valence-electron chi connectivity index (χ0n) is 40.2. The highest BCUT2D eigenvalue weighted by Gasteiger charge is 2.70. The van der Waals surface area contributed by atoms with E-state index in [9.17, 15) is 61.3 Å². The van der Waals surface area contributed by atoms with Crippen LogP contribution in [0.3, 0.4) is 0 Å². The van der Waals surface area contributed by atoms with Crippen LogP contribution in [0.1, 0.15) is 107 Å². The molecule has 0 bridgehead atoms. The van der Waals surface area contributed by atoms with Crippen LogP contribution in [-0.2, 0) is 33.2 Å². The van der Waals surface area contributed by atoms with Crippen LogP contribution >= 0.6 is 0 Å². The number of carbonyl (C=O) groups is 1. The molecule has 19 nitrogen and oxygen atoms in total. The number of carbonyl (C=O) groups excluding carboxylic acids is 1. The summed E-state index contributed by atoms with van der Waals surface area (Å²) in [5.41, 5.74) is -2.07. The van der Waals surface area contributed by atoms with Gasteiger partial charge >= 0.3 is 0 Å². The van der Waals surface area contributed by atoms with Crippen molar-refractivity contribution in [3.63, 3.8) is 0 Å². The van der Waals surface area contributed by atoms with E-state index in [0.717, 1.165) is 18.4 Å². The quantitative estimate of drug-likeness (QED) is 0.0944. The fourth-order valence-corrected chi connectivity index (χ4v) is 13.9. The number of hydrogen-bond donors (Lipinski definition) is 12. The highest BCUT2D eigenvalue weighted by atomic mass is 16.7. The first-order chi connectivity index (χ1) is 31.2. The summed E-state index contributed by atoms with van der Waals surface area (Å²) in [7, 11) is 0. The molecule has 6 fully saturated rings. The Bertz CT molecular complexity index is 1750. The van der Waals surface area contributed by atoms with Crippen molar-refractivity contribution in [3.8, 4) is 0 Å². The van der Waals surface area contributed by atoms with Crippen molar-refractivity contribution < 1.29 is 94.5 Å². The average Bonchev–Trinajstić information content (AvgIpc) is 3.54. The van der Waals surface area contributed by atoms with Gasteiger partial charge in [0.25, 0.3) is 0 Å². The van der Waals surface area contributed by atoms with Gasteiger partial charge in [-0.2, -0.15) is 0 Å². The molecule has 0 aromatic heterocycles. The minimum absolute atomic E-state index is 0.0400. The molecule has 3 saturated carbocycles. The van der Waals surface area contributed by atoms with Crippen LogP contribution in [0, 0.1) is 45.3 Å². The third-order valence-corrected chi connectivity index (χ3v) is 18.4. The van der Waals surface area contributed by atoms with E-state index in [4.69, 9.17) is 28.4 Å². The molecule has 7 rings (SSSR count). The van der Waals surface area contributed by atoms with E-state index in [1.54, 1.807) is 13.8 Å². The Morgan fingerprint density at radius 3 is 1.82 bits per heavy atom. The molecule has 0 aromatic rings. The minimum atomic E-state index is -1.76. The van der Waals surface area contributed by atoms with Crippen LogP contribution in [0.4, 0.5) is 0 Å². The smallest absolute Gasteiger partial charge is 0.187 e. The van der Waals surface area contributed by atoms with E-state index in [2.05, 4.69) is 47.6 Å². The van der Waals surface area contributed by atoms with Crippen molar-refractivity contribution in [3.05, 3.63) is 11.6 Å². The fraction of sp³-hybridized carbons (Fsp3) is 0.938. The Balaban J connectivity index is 1.02. The first kappa shape index (κ1) is 53.5. The third kappa shape index (κ3) is 9.15. The van der Waals surface area contributed by atoms with Crippen LogP contribution in [0.5, 0.6) is 0 Å². The van der Waals surface area contributed by atoms with E-state index in [0.29, 0.717) is 38.5 Å². The summed E-state index contributed by atoms with van der Waals surface area (Å²) >= 11 is 0. The van der Waals surface area contributed by atoms with E-state index in [1.165, 1.54) is 0 Å². The minimum Gasteiger partial charge on any atom is -0.394 e. The predicted molar refractivity (Wildman–Crippen MR) is 234 cm³/mol. The highest BCUT2D eigenvalue weighted by Crippen LogP contribution is 2.74. The molecular formula is C48H80O19. The summed E-state index contributed by atoms with van der Waals surface area (Å²) in [5.74, 6) is 0.485. The molecule has 12 N–H and O–H groups in total. The van der Waals surface area contributed by atoms with Gasteiger partial charge in [-0.05, 0) is 93.3 Å². The molecule has 67 heavy (non-hydrogen) atoms. The maximum absolute atomic E-state index is 15.0. The number of aliphatic hydroxyl groups is 12. The maximum Gasteiger partial charge on any atom is 0.187 e. The SMILES string of the molecule is CC(CC[C@@H](O[C@@H]1O[C@H](CO[C@@H]2O[C@H](CO)[C@@H](O)[C@H](O)[C@H]2O)[C@@H](O)[C@H](O)[C@H]1O)C(C)(C)O)C1CC[C@@]2(C)C3CC=C4C(CC[C@H](O[C@@H]5O[C@H](CO)[C@@H](O)[C@H](O)[C@H]5O)C4(C)C)[C@]3(C)C(=O)CC12C. The monoisotopic (exact) mass is 961 g/mol. The lowest BCUT2D eigenvalue weighted by Gasteiger charge is -2.65. The second-order valence-corrected chi connectivity index (χ2v) is 22.9. The van der Waals surface area contributed by atoms with Crippen molar-refractivity contribution in [2.75, 3.05) is 19.8 Å². The molecule has 3 saturated heterocycles. The predicted octanol–water partition coefficient (Wildman–Crippen LogP) is -0.848. The molecule has 19 heteroatoms. The lowest BCUT2D eigenvalue weighted by Crippen LogP contribution is -2.64. The Kier molecular flexibility index (Phi) is 15.7. The van der Waals surface area contributed by atoms with Crippen molar-refractivity contribution in [1.82, 2.24) is 0 Å². The molecule has 0 radical (unpaired) electrons. The van der Waals surface area contributed by atoms with Gasteiger partial charge in [0.15, 0.2) is 18.9 Å². The Morgan fingerprint density at radius 1 is 0.701 bits per heavy atom. The number of hydrogen-bond acceptors (Lipinski definition) is 19. The molecule has 5 unspecified atom stereocenters. The average molecular weight is 961 g/mol. The number of rotatable bonds is 14. The van der Waals surface area contributed by atoms with E-state index < -0.39 is 141 Å². The molecule has 3 heterocycles. The topological polar surface area (TPSA) is 315 Å². The molecule has 24 atom stereocenters. The molecule has 386 valence electrons. The summed E-state index contributed by atoms with van der Waals surface area (Å²) in [6, 6.07) is 0. The molecular weight excluding hydrogens is 881 g/mol. The van der Waals surface area contributed by atoms with Crippen LogP contribution in [0.15, 0.2) is 11.6 Å². The largest absolute Gasteiger partial charge is 0.394 e. The first-order valence-electron chi connectivity index (χ1n) is 24.4. The van der Waals surface area contributed by atoms with E-state index in [1.807, 2.05) is 0 Å². The summed E-state index contributed by atoms with van der Waals surface area (Å²) in [6.45, 7) is 14.5. The van der Waals surface area contributed by atoms with Gasteiger partial charge < -0.3 is 89.7 Å². The number of ketones is 1. The molecule has 7 aliphatic rings. The zero-order chi connectivity index (χ0) is 49.5. The van der Waals surface area contributed by atoms with E-state index in [-0.39, 0.29) is 40.3 Å². The fourth-order valence-electron chi connectivity index (χ4n) is 13.9. The zero-order valence-corrected chi connectivity index (χ0v) is 40.2. The number of ether oxygens (including phenoxy) is 6. The number of aliphatic hydroxyl groups excluding tert-OH is 11. The Hall–Kier alpha value is -1.31. The number of fused-ring (bicyclic) bond motifs is 5. The van der Waals surface area contributed by atoms with Crippen molar-refractivity contribution >= 4 is 5.78 Å². The van der Waals surface area contributed by atoms with E-state index >= 15 is 4.79 Å². The maximum atomic E-state index is 15.0. The van der Waals surface area contributed by atoms with Gasteiger partial charge in [0.05, 0.1) is 37.6 Å². The second kappa shape index (κ2) is 19.6. The Labute approximate surface area is 393 Å². The molecule has 0 spiro atoms. The van der Waals surface area contributed by atoms with Gasteiger partial charge in [0.1, 0.15) is 79.0 Å². The standard InChI is InChI=1S/C48H80O19/c1-21(9-13-31(45(4,5)61)67-43-40(60)37(57)34(54)27(65-43)20-62-41-38(58)35(55)32(52)25(18-49)63-41)22-15-16-46(6)28-12-10-23-24(48(28,8)29(51)17-47(22,46)7)11-14-30(44(23,2)3)66-42-39(59)36(56)33(53)26(19-50)64-42/h10,21-22,24-28,30-43,49-50,52-61H,9,11-20H2,1-8H3/t21?,22?,24?,25-,26-,27-,28?,30+,31-,32-,33-,34-,35+,36+,37+,38-,39-,40-,41-,42+,43+,46+,47?,48+/m1/s1. The normalized spacial score (nSPS) is 49.9. The lowest BCUT2D eigenvalue weighted by atomic mass is 9.38. The second-order valence-electron chi connectivity index (χ2n) is 22.9. The lowest BCUT2D eigenvalue weighted by molar-refractivity contribution is -0.341. The Morgan fingerprint density at radius 2 is 1.24 bits per heavy atom. The number of allylic oxidation sites excluding steroid dienone is 1. The van der Waals surface area contributed by atoms with Crippen LogP contribution < -0.4 is 0 Å². The van der Waals surface area contributed by atoms with Crippen molar-refractivity contribution in [2.24, 2.45) is 45.3 Å². The molecule has 0 amide bonds. The molecule has 4 aliphatic carbocycles. The van der Waals surface area contributed by atoms with Gasteiger partial charge in [0.2, 0.25) is 0 Å². The molecule has 3 aliphatic heterocycles. The number of Topliss-reactive ketones (excluding diaryl/α,β-unsaturated/α-hetero) is 1. The van der Waals surface area contributed by atoms with Crippen molar-refractivity contribution in [2.45, 2.75) is 217 Å². The van der Waals surface area contributed by atoms with Gasteiger partial charge in [0, 0.05) is 17.3 Å². The van der Waals surface area contributed by atoms with Gasteiger partial charge in [-0.3, -0.25) is 4.79 Å². The first-order valence-corrected chi connectivity index (χ1v) is 24.4. The van der Waals surface area contributed by atoms with Crippen LogP contribution in [0.2, 0.25) is 0 Å². The highest BCUT2D eigenvalue weighted by molar-refractivity contribution is 5.88. The van der Waals surface area contributed by atoms with Crippen molar-refractivity contribution in [1.29, 1.82) is 0 Å². The summed E-state index contributed by atoms with van der Waals surface area (Å²) in [4.78, 5) is 15.0.